The first-order valence-corrected chi connectivity index (χ1v) is 6.64. The number of pyridine rings is 1. The van der Waals surface area contributed by atoms with Gasteiger partial charge in [-0.1, -0.05) is 19.3 Å². The molecule has 108 valence electrons. The van der Waals surface area contributed by atoms with Gasteiger partial charge in [-0.3, -0.25) is 0 Å². The molecule has 1 aliphatic carbocycles. The maximum absolute atomic E-state index is 11.7. The topological polar surface area (TPSA) is 88.5 Å². The number of nitrogens with zero attached hydrogens (tertiary/aromatic N) is 1. The molecule has 2 N–H and O–H groups in total. The predicted octanol–water partition coefficient (Wildman–Crippen LogP) is 2.07. The van der Waals surface area contributed by atoms with Gasteiger partial charge in [-0.25, -0.2) is 14.6 Å². The van der Waals surface area contributed by atoms with Crippen LogP contribution in [0.5, 0.6) is 0 Å². The largest absolute Gasteiger partial charge is 0.480 e. The van der Waals surface area contributed by atoms with Crippen molar-refractivity contribution < 1.29 is 19.4 Å². The van der Waals surface area contributed by atoms with E-state index < -0.39 is 17.5 Å². The molecule has 1 fully saturated rings. The fourth-order valence-corrected chi connectivity index (χ4v) is 2.55. The molecule has 0 aliphatic heterocycles. The Labute approximate surface area is 117 Å². The molecule has 0 unspecified atom stereocenters. The molecule has 0 amide bonds. The van der Waals surface area contributed by atoms with Crippen molar-refractivity contribution in [3.05, 3.63) is 23.9 Å². The molecule has 0 spiro atoms. The number of hydrogen-bond acceptors (Lipinski definition) is 5. The highest BCUT2D eigenvalue weighted by Crippen LogP contribution is 2.32. The van der Waals surface area contributed by atoms with Crippen molar-refractivity contribution in [3.63, 3.8) is 0 Å². The Kier molecular flexibility index (Phi) is 4.22. The molecule has 1 aromatic heterocycles. The van der Waals surface area contributed by atoms with Crippen LogP contribution in [0.25, 0.3) is 0 Å². The molecule has 0 aromatic carbocycles. The van der Waals surface area contributed by atoms with Crippen LogP contribution in [0.2, 0.25) is 0 Å². The molecule has 6 nitrogen and oxygen atoms in total. The highest BCUT2D eigenvalue weighted by Gasteiger charge is 2.40. The van der Waals surface area contributed by atoms with Crippen LogP contribution in [-0.2, 0) is 9.53 Å². The smallest absolute Gasteiger partial charge is 0.341 e. The van der Waals surface area contributed by atoms with E-state index in [9.17, 15) is 14.7 Å². The van der Waals surface area contributed by atoms with Gasteiger partial charge in [-0.2, -0.15) is 0 Å². The van der Waals surface area contributed by atoms with Crippen LogP contribution < -0.4 is 5.32 Å². The number of aliphatic carboxylic acids is 1. The lowest BCUT2D eigenvalue weighted by Crippen LogP contribution is -2.48. The Morgan fingerprint density at radius 2 is 2.05 bits per heavy atom. The first kappa shape index (κ1) is 14.3. The van der Waals surface area contributed by atoms with Gasteiger partial charge in [0.1, 0.15) is 16.9 Å². The lowest BCUT2D eigenvalue weighted by atomic mass is 9.81. The van der Waals surface area contributed by atoms with Gasteiger partial charge in [-0.05, 0) is 25.0 Å². The molecule has 1 heterocycles. The number of aromatic nitrogens is 1. The maximum Gasteiger partial charge on any atom is 0.341 e. The summed E-state index contributed by atoms with van der Waals surface area (Å²) in [7, 11) is 1.28. The van der Waals surface area contributed by atoms with Gasteiger partial charge < -0.3 is 15.2 Å². The van der Waals surface area contributed by atoms with Crippen LogP contribution in [-0.4, -0.2) is 34.7 Å². The van der Waals surface area contributed by atoms with Gasteiger partial charge >= 0.3 is 11.9 Å². The third-order valence-electron chi connectivity index (χ3n) is 3.69. The number of hydrogen-bond donors (Lipinski definition) is 2. The number of rotatable bonds is 4. The van der Waals surface area contributed by atoms with Crippen molar-refractivity contribution in [2.75, 3.05) is 12.4 Å². The second-order valence-corrected chi connectivity index (χ2v) is 4.96. The number of methoxy groups -OCH3 is 1. The molecule has 0 bridgehead atoms. The first-order valence-electron chi connectivity index (χ1n) is 6.64. The van der Waals surface area contributed by atoms with Crippen molar-refractivity contribution in [2.24, 2.45) is 0 Å². The van der Waals surface area contributed by atoms with E-state index in [2.05, 4.69) is 10.3 Å². The Hall–Kier alpha value is -2.11. The third-order valence-corrected chi connectivity index (χ3v) is 3.69. The van der Waals surface area contributed by atoms with Crippen molar-refractivity contribution in [1.29, 1.82) is 0 Å². The summed E-state index contributed by atoms with van der Waals surface area (Å²) in [6, 6.07) is 3.19. The zero-order valence-corrected chi connectivity index (χ0v) is 11.4. The first-order chi connectivity index (χ1) is 9.59. The standard InChI is InChI=1S/C14H18N2O4/c1-20-12(17)10-6-5-9-15-11(10)16-14(13(18)19)7-3-2-4-8-14/h5-6,9H,2-4,7-8H2,1H3,(H,15,16)(H,18,19). The van der Waals surface area contributed by atoms with E-state index in [1.54, 1.807) is 12.1 Å². The van der Waals surface area contributed by atoms with Crippen molar-refractivity contribution in [3.8, 4) is 0 Å². The number of nitrogens with one attached hydrogen (secondary N) is 1. The normalized spacial score (nSPS) is 17.2. The summed E-state index contributed by atoms with van der Waals surface area (Å²) < 4.78 is 4.69. The SMILES string of the molecule is COC(=O)c1cccnc1NC1(C(=O)O)CCCCC1. The van der Waals surface area contributed by atoms with Gasteiger partial charge in [-0.15, -0.1) is 0 Å². The minimum absolute atomic E-state index is 0.251. The van der Waals surface area contributed by atoms with Gasteiger partial charge in [0, 0.05) is 6.20 Å². The lowest BCUT2D eigenvalue weighted by molar-refractivity contribution is -0.143. The number of ether oxygens (including phenoxy) is 1. The van der Waals surface area contributed by atoms with Crippen molar-refractivity contribution in [1.82, 2.24) is 4.98 Å². The zero-order chi connectivity index (χ0) is 14.6. The predicted molar refractivity (Wildman–Crippen MR) is 72.7 cm³/mol. The minimum atomic E-state index is -1.05. The maximum atomic E-state index is 11.7. The van der Waals surface area contributed by atoms with E-state index >= 15 is 0 Å². The Balaban J connectivity index is 2.32. The highest BCUT2D eigenvalue weighted by molar-refractivity contribution is 5.95. The van der Waals surface area contributed by atoms with Crippen LogP contribution in [0.3, 0.4) is 0 Å². The fourth-order valence-electron chi connectivity index (χ4n) is 2.55. The van der Waals surface area contributed by atoms with E-state index in [4.69, 9.17) is 4.74 Å². The third kappa shape index (κ3) is 2.74. The molecule has 0 atom stereocenters. The van der Waals surface area contributed by atoms with E-state index in [1.807, 2.05) is 0 Å². The number of esters is 1. The number of anilines is 1. The van der Waals surface area contributed by atoms with Crippen LogP contribution >= 0.6 is 0 Å². The van der Waals surface area contributed by atoms with E-state index in [-0.39, 0.29) is 11.4 Å². The molecular weight excluding hydrogens is 260 g/mol. The molecule has 0 radical (unpaired) electrons. The molecule has 2 rings (SSSR count). The molecule has 0 saturated heterocycles. The lowest BCUT2D eigenvalue weighted by Gasteiger charge is -2.34. The fraction of sp³-hybridized carbons (Fsp3) is 0.500. The monoisotopic (exact) mass is 278 g/mol. The van der Waals surface area contributed by atoms with E-state index in [0.717, 1.165) is 19.3 Å². The Morgan fingerprint density at radius 3 is 2.65 bits per heavy atom. The summed E-state index contributed by atoms with van der Waals surface area (Å²) >= 11 is 0. The van der Waals surface area contributed by atoms with Crippen LogP contribution in [0.15, 0.2) is 18.3 Å². The van der Waals surface area contributed by atoms with Crippen molar-refractivity contribution in [2.45, 2.75) is 37.6 Å². The van der Waals surface area contributed by atoms with E-state index in [0.29, 0.717) is 12.8 Å². The summed E-state index contributed by atoms with van der Waals surface area (Å²) in [5, 5.41) is 12.5. The summed E-state index contributed by atoms with van der Waals surface area (Å²) in [6.07, 6.45) is 5.30. The number of carbonyl (C=O) groups is 2. The van der Waals surface area contributed by atoms with Crippen LogP contribution in [0, 0.1) is 0 Å². The number of carbonyl (C=O) groups excluding carboxylic acids is 1. The highest BCUT2D eigenvalue weighted by atomic mass is 16.5. The molecule has 6 heteroatoms. The van der Waals surface area contributed by atoms with Gasteiger partial charge in [0.05, 0.1) is 7.11 Å². The quantitative estimate of drug-likeness (QED) is 0.820. The molecular formula is C14H18N2O4. The average molecular weight is 278 g/mol. The van der Waals surface area contributed by atoms with Crippen LogP contribution in [0.1, 0.15) is 42.5 Å². The molecule has 20 heavy (non-hydrogen) atoms. The second-order valence-electron chi connectivity index (χ2n) is 4.96. The van der Waals surface area contributed by atoms with Gasteiger partial charge in [0.25, 0.3) is 0 Å². The summed E-state index contributed by atoms with van der Waals surface area (Å²) in [5.41, 5.74) is -0.795. The average Bonchev–Trinajstić information content (AvgIpc) is 2.48. The molecule has 1 aromatic rings. The summed E-state index contributed by atoms with van der Waals surface area (Å²) in [5.74, 6) is -1.17. The number of carboxylic acids is 1. The van der Waals surface area contributed by atoms with Gasteiger partial charge in [0.2, 0.25) is 0 Å². The van der Waals surface area contributed by atoms with Gasteiger partial charge in [0.15, 0.2) is 0 Å². The second kappa shape index (κ2) is 5.90. The summed E-state index contributed by atoms with van der Waals surface area (Å²) in [4.78, 5) is 27.4. The minimum Gasteiger partial charge on any atom is -0.480 e. The molecule has 1 saturated carbocycles. The Morgan fingerprint density at radius 1 is 1.35 bits per heavy atom. The zero-order valence-electron chi connectivity index (χ0n) is 11.4. The number of carboxylic acid groups (broad SMARTS) is 1. The van der Waals surface area contributed by atoms with Crippen LogP contribution in [0.4, 0.5) is 5.82 Å². The van der Waals surface area contributed by atoms with E-state index in [1.165, 1.54) is 13.3 Å². The van der Waals surface area contributed by atoms with Crippen molar-refractivity contribution >= 4 is 17.8 Å². The summed E-state index contributed by atoms with van der Waals surface area (Å²) in [6.45, 7) is 0. The molecule has 1 aliphatic rings. The Bertz CT molecular complexity index is 510.